The third kappa shape index (κ3) is 3.03. The van der Waals surface area contributed by atoms with Crippen LogP contribution >= 0.6 is 0 Å². The van der Waals surface area contributed by atoms with Crippen LogP contribution in [0.25, 0.3) is 0 Å². The van der Waals surface area contributed by atoms with E-state index in [1.165, 1.54) is 24.3 Å². The lowest BCUT2D eigenvalue weighted by molar-refractivity contribution is 0.213. The van der Waals surface area contributed by atoms with Crippen LogP contribution in [0.4, 0.5) is 8.78 Å². The van der Waals surface area contributed by atoms with Crippen molar-refractivity contribution in [1.29, 1.82) is 0 Å². The van der Waals surface area contributed by atoms with Gasteiger partial charge in [0.1, 0.15) is 17.7 Å². The summed E-state index contributed by atoms with van der Waals surface area (Å²) < 4.78 is 54.5. The van der Waals surface area contributed by atoms with Gasteiger partial charge in [-0.05, 0) is 47.4 Å². The Labute approximate surface area is 127 Å². The van der Waals surface area contributed by atoms with Crippen molar-refractivity contribution in [2.75, 3.05) is 6.26 Å². The molecule has 0 spiro atoms. The standard InChI is InChI=1S/C16H14F2O3S/c1-22(19,20)21-16-9-14(10-2-4-11(17)5-3-10)13-7-6-12(18)8-15(13)16/h2-8,14,16H,9H2,1H3/t14-,16+/m1/s1. The molecule has 0 radical (unpaired) electrons. The average molecular weight is 324 g/mol. The fourth-order valence-electron chi connectivity index (χ4n) is 2.92. The van der Waals surface area contributed by atoms with E-state index in [-0.39, 0.29) is 11.7 Å². The Kier molecular flexibility index (Phi) is 3.74. The average Bonchev–Trinajstić information content (AvgIpc) is 2.76. The molecule has 3 nitrogen and oxygen atoms in total. The Morgan fingerprint density at radius 2 is 1.64 bits per heavy atom. The highest BCUT2D eigenvalue weighted by molar-refractivity contribution is 7.86. The summed E-state index contributed by atoms with van der Waals surface area (Å²) in [5, 5.41) is 0. The lowest BCUT2D eigenvalue weighted by Gasteiger charge is -2.12. The lowest BCUT2D eigenvalue weighted by atomic mass is 9.93. The molecule has 0 heterocycles. The molecule has 116 valence electrons. The molecule has 0 bridgehead atoms. The number of halogens is 2. The van der Waals surface area contributed by atoms with Gasteiger partial charge >= 0.3 is 0 Å². The van der Waals surface area contributed by atoms with Crippen molar-refractivity contribution in [1.82, 2.24) is 0 Å². The van der Waals surface area contributed by atoms with Crippen molar-refractivity contribution in [3.05, 3.63) is 70.8 Å². The highest BCUT2D eigenvalue weighted by Gasteiger charge is 2.35. The third-order valence-electron chi connectivity index (χ3n) is 3.78. The van der Waals surface area contributed by atoms with Gasteiger partial charge in [0.25, 0.3) is 10.1 Å². The van der Waals surface area contributed by atoms with Crippen molar-refractivity contribution in [2.45, 2.75) is 18.4 Å². The first-order valence-corrected chi connectivity index (χ1v) is 8.58. The summed E-state index contributed by atoms with van der Waals surface area (Å²) in [6, 6.07) is 10.3. The van der Waals surface area contributed by atoms with Gasteiger partial charge in [0.05, 0.1) is 6.26 Å². The maximum atomic E-state index is 13.5. The number of hydrogen-bond acceptors (Lipinski definition) is 3. The maximum absolute atomic E-state index is 13.5. The van der Waals surface area contributed by atoms with E-state index in [9.17, 15) is 17.2 Å². The zero-order valence-corrected chi connectivity index (χ0v) is 12.6. The van der Waals surface area contributed by atoms with Crippen molar-refractivity contribution >= 4 is 10.1 Å². The van der Waals surface area contributed by atoms with E-state index in [0.717, 1.165) is 17.4 Å². The first-order chi connectivity index (χ1) is 10.3. The molecule has 2 aromatic carbocycles. The van der Waals surface area contributed by atoms with Gasteiger partial charge in [-0.15, -0.1) is 0 Å². The molecule has 3 rings (SSSR count). The molecular weight excluding hydrogens is 310 g/mol. The van der Waals surface area contributed by atoms with Gasteiger partial charge in [0.2, 0.25) is 0 Å². The molecular formula is C16H14F2O3S. The van der Waals surface area contributed by atoms with Crippen LogP contribution in [0, 0.1) is 11.6 Å². The molecule has 0 N–H and O–H groups in total. The summed E-state index contributed by atoms with van der Waals surface area (Å²) in [6.07, 6.45) is 0.616. The van der Waals surface area contributed by atoms with Crippen molar-refractivity contribution in [3.63, 3.8) is 0 Å². The Balaban J connectivity index is 2.03. The lowest BCUT2D eigenvalue weighted by Crippen LogP contribution is -2.08. The summed E-state index contributed by atoms with van der Waals surface area (Å²) in [7, 11) is -3.66. The molecule has 0 saturated heterocycles. The van der Waals surface area contributed by atoms with E-state index in [1.54, 1.807) is 18.2 Å². The molecule has 2 aromatic rings. The van der Waals surface area contributed by atoms with Crippen molar-refractivity contribution < 1.29 is 21.4 Å². The summed E-state index contributed by atoms with van der Waals surface area (Å²) in [4.78, 5) is 0. The molecule has 0 amide bonds. The highest BCUT2D eigenvalue weighted by atomic mass is 32.2. The van der Waals surface area contributed by atoms with Gasteiger partial charge in [0, 0.05) is 5.92 Å². The van der Waals surface area contributed by atoms with Crippen LogP contribution in [0.2, 0.25) is 0 Å². The van der Waals surface area contributed by atoms with Crippen LogP contribution in [-0.4, -0.2) is 14.7 Å². The fourth-order valence-corrected chi connectivity index (χ4v) is 3.53. The molecule has 0 aliphatic heterocycles. The molecule has 0 unspecified atom stereocenters. The van der Waals surface area contributed by atoms with Gasteiger partial charge in [0.15, 0.2) is 0 Å². The second kappa shape index (κ2) is 5.44. The summed E-state index contributed by atoms with van der Waals surface area (Å²) in [5.74, 6) is -0.937. The predicted octanol–water partition coefficient (Wildman–Crippen LogP) is 3.52. The van der Waals surface area contributed by atoms with Gasteiger partial charge in [-0.3, -0.25) is 4.18 Å². The third-order valence-corrected chi connectivity index (χ3v) is 4.37. The molecule has 2 atom stereocenters. The minimum absolute atomic E-state index is 0.150. The zero-order valence-electron chi connectivity index (χ0n) is 11.8. The van der Waals surface area contributed by atoms with Gasteiger partial charge < -0.3 is 0 Å². The second-order valence-corrected chi connectivity index (χ2v) is 7.00. The molecule has 1 aliphatic rings. The first kappa shape index (κ1) is 15.1. The quantitative estimate of drug-likeness (QED) is 0.812. The molecule has 22 heavy (non-hydrogen) atoms. The smallest absolute Gasteiger partial charge is 0.262 e. The van der Waals surface area contributed by atoms with Crippen LogP contribution in [0.15, 0.2) is 42.5 Å². The number of fused-ring (bicyclic) bond motifs is 1. The Morgan fingerprint density at radius 1 is 1.00 bits per heavy atom. The molecule has 6 heteroatoms. The molecule has 0 saturated carbocycles. The summed E-state index contributed by atoms with van der Waals surface area (Å²) in [6.45, 7) is 0. The van der Waals surface area contributed by atoms with Crippen molar-refractivity contribution in [3.8, 4) is 0 Å². The van der Waals surface area contributed by atoms with Gasteiger partial charge in [-0.2, -0.15) is 8.42 Å². The van der Waals surface area contributed by atoms with E-state index < -0.39 is 22.0 Å². The predicted molar refractivity (Wildman–Crippen MR) is 77.9 cm³/mol. The largest absolute Gasteiger partial charge is 0.264 e. The highest BCUT2D eigenvalue weighted by Crippen LogP contribution is 2.46. The van der Waals surface area contributed by atoms with Gasteiger partial charge in [-0.25, -0.2) is 8.78 Å². The number of rotatable bonds is 3. The van der Waals surface area contributed by atoms with Crippen LogP contribution in [0.3, 0.4) is 0 Å². The normalized spacial score (nSPS) is 20.9. The van der Waals surface area contributed by atoms with Crippen LogP contribution in [0.5, 0.6) is 0 Å². The number of hydrogen-bond donors (Lipinski definition) is 0. The SMILES string of the molecule is CS(=O)(=O)O[C@H]1C[C@H](c2ccc(F)cc2)c2ccc(F)cc21. The number of benzene rings is 2. The summed E-state index contributed by atoms with van der Waals surface area (Å²) in [5.41, 5.74) is 2.18. The van der Waals surface area contributed by atoms with Crippen LogP contribution < -0.4 is 0 Å². The van der Waals surface area contributed by atoms with E-state index in [0.29, 0.717) is 12.0 Å². The van der Waals surface area contributed by atoms with Crippen LogP contribution in [0.1, 0.15) is 35.1 Å². The van der Waals surface area contributed by atoms with E-state index in [2.05, 4.69) is 0 Å². The van der Waals surface area contributed by atoms with E-state index in [1.807, 2.05) is 0 Å². The zero-order chi connectivity index (χ0) is 15.9. The fraction of sp³-hybridized carbons (Fsp3) is 0.250. The van der Waals surface area contributed by atoms with E-state index in [4.69, 9.17) is 4.18 Å². The molecule has 0 fully saturated rings. The monoisotopic (exact) mass is 324 g/mol. The Morgan fingerprint density at radius 3 is 2.27 bits per heavy atom. The second-order valence-electron chi connectivity index (χ2n) is 5.40. The summed E-state index contributed by atoms with van der Waals surface area (Å²) >= 11 is 0. The Bertz CT molecular complexity index is 801. The van der Waals surface area contributed by atoms with Gasteiger partial charge in [-0.1, -0.05) is 18.2 Å². The van der Waals surface area contributed by atoms with Crippen LogP contribution in [-0.2, 0) is 14.3 Å². The topological polar surface area (TPSA) is 43.4 Å². The minimum Gasteiger partial charge on any atom is -0.262 e. The molecule has 1 aliphatic carbocycles. The van der Waals surface area contributed by atoms with E-state index >= 15 is 0 Å². The minimum atomic E-state index is -3.66. The first-order valence-electron chi connectivity index (χ1n) is 6.76. The Hall–Kier alpha value is -1.79. The maximum Gasteiger partial charge on any atom is 0.264 e. The molecule has 0 aromatic heterocycles. The van der Waals surface area contributed by atoms with Crippen molar-refractivity contribution in [2.24, 2.45) is 0 Å².